The quantitative estimate of drug-likeness (QED) is 0.839. The van der Waals surface area contributed by atoms with Crippen molar-refractivity contribution in [2.45, 2.75) is 58.9 Å². The minimum atomic E-state index is -0.569. The molecule has 2 rings (SSSR count). The monoisotopic (exact) mass is 289 g/mol. The van der Waals surface area contributed by atoms with E-state index in [1.807, 2.05) is 19.1 Å². The van der Waals surface area contributed by atoms with Gasteiger partial charge in [0.05, 0.1) is 6.61 Å². The molecule has 0 heterocycles. The number of rotatable bonds is 4. The van der Waals surface area contributed by atoms with Crippen LogP contribution in [0.4, 0.5) is 5.69 Å². The molecule has 21 heavy (non-hydrogen) atoms. The Morgan fingerprint density at radius 1 is 1.14 bits per heavy atom. The van der Waals surface area contributed by atoms with Crippen molar-refractivity contribution < 1.29 is 9.53 Å². The van der Waals surface area contributed by atoms with Gasteiger partial charge in [0.15, 0.2) is 0 Å². The maximum atomic E-state index is 12.5. The first-order valence-electron chi connectivity index (χ1n) is 7.89. The van der Waals surface area contributed by atoms with Crippen LogP contribution >= 0.6 is 0 Å². The zero-order valence-electron chi connectivity index (χ0n) is 13.7. The van der Waals surface area contributed by atoms with Crippen molar-refractivity contribution in [2.75, 3.05) is 11.9 Å². The molecule has 0 atom stereocenters. The molecule has 1 aliphatic carbocycles. The van der Waals surface area contributed by atoms with Gasteiger partial charge in [-0.2, -0.15) is 0 Å². The molecule has 0 spiro atoms. The second-order valence-corrected chi connectivity index (χ2v) is 6.96. The Labute approximate surface area is 128 Å². The lowest BCUT2D eigenvalue weighted by molar-refractivity contribution is -0.150. The third-order valence-corrected chi connectivity index (χ3v) is 4.56. The SMILES string of the molecule is CCOC(=O)C1(Nc2ccc(C)cc2)CCC(C)(C)CC1. The van der Waals surface area contributed by atoms with Crippen molar-refractivity contribution in [1.82, 2.24) is 0 Å². The van der Waals surface area contributed by atoms with Gasteiger partial charge in [0.1, 0.15) is 5.54 Å². The molecule has 1 fully saturated rings. The number of anilines is 1. The van der Waals surface area contributed by atoms with Gasteiger partial charge in [-0.25, -0.2) is 4.79 Å². The van der Waals surface area contributed by atoms with Gasteiger partial charge < -0.3 is 10.1 Å². The maximum absolute atomic E-state index is 12.5. The summed E-state index contributed by atoms with van der Waals surface area (Å²) in [6.07, 6.45) is 3.72. The topological polar surface area (TPSA) is 38.3 Å². The van der Waals surface area contributed by atoms with E-state index in [1.165, 1.54) is 5.56 Å². The highest BCUT2D eigenvalue weighted by atomic mass is 16.5. The number of nitrogens with one attached hydrogen (secondary N) is 1. The number of hydrogen-bond donors (Lipinski definition) is 1. The zero-order valence-corrected chi connectivity index (χ0v) is 13.7. The maximum Gasteiger partial charge on any atom is 0.331 e. The normalized spacial score (nSPS) is 19.8. The lowest BCUT2D eigenvalue weighted by Crippen LogP contribution is -2.51. The van der Waals surface area contributed by atoms with Crippen molar-refractivity contribution >= 4 is 11.7 Å². The van der Waals surface area contributed by atoms with Gasteiger partial charge >= 0.3 is 5.97 Å². The van der Waals surface area contributed by atoms with E-state index in [0.29, 0.717) is 12.0 Å². The van der Waals surface area contributed by atoms with Crippen LogP contribution in [0.25, 0.3) is 0 Å². The second kappa shape index (κ2) is 6.08. The predicted octanol–water partition coefficient (Wildman–Crippen LogP) is 4.31. The van der Waals surface area contributed by atoms with Crippen molar-refractivity contribution in [3.8, 4) is 0 Å². The molecule has 0 amide bonds. The minimum Gasteiger partial charge on any atom is -0.464 e. The largest absolute Gasteiger partial charge is 0.464 e. The highest BCUT2D eigenvalue weighted by Crippen LogP contribution is 2.42. The Kier molecular flexibility index (Phi) is 4.60. The Bertz CT molecular complexity index is 480. The molecule has 3 nitrogen and oxygen atoms in total. The summed E-state index contributed by atoms with van der Waals surface area (Å²) in [5.74, 6) is -0.110. The highest BCUT2D eigenvalue weighted by Gasteiger charge is 2.45. The van der Waals surface area contributed by atoms with E-state index in [9.17, 15) is 4.79 Å². The van der Waals surface area contributed by atoms with Crippen LogP contribution in [0.3, 0.4) is 0 Å². The summed E-state index contributed by atoms with van der Waals surface area (Å²) >= 11 is 0. The zero-order chi connectivity index (χ0) is 15.5. The van der Waals surface area contributed by atoms with Crippen LogP contribution in [-0.2, 0) is 9.53 Å². The Morgan fingerprint density at radius 2 is 1.71 bits per heavy atom. The van der Waals surface area contributed by atoms with Gasteiger partial charge in [0.2, 0.25) is 0 Å². The number of ether oxygens (including phenoxy) is 1. The highest BCUT2D eigenvalue weighted by molar-refractivity contribution is 5.84. The number of carbonyl (C=O) groups excluding carboxylic acids is 1. The molecule has 0 saturated heterocycles. The molecule has 0 aromatic heterocycles. The summed E-state index contributed by atoms with van der Waals surface area (Å²) in [6.45, 7) is 8.90. The van der Waals surface area contributed by atoms with Gasteiger partial charge in [-0.3, -0.25) is 0 Å². The molecule has 1 saturated carbocycles. The number of carbonyl (C=O) groups is 1. The summed E-state index contributed by atoms with van der Waals surface area (Å²) < 4.78 is 5.35. The first kappa shape index (κ1) is 15.9. The van der Waals surface area contributed by atoms with Gasteiger partial charge in [0.25, 0.3) is 0 Å². The summed E-state index contributed by atoms with van der Waals surface area (Å²) in [4.78, 5) is 12.5. The fourth-order valence-corrected chi connectivity index (χ4v) is 2.92. The van der Waals surface area contributed by atoms with Crippen LogP contribution in [0.1, 0.15) is 52.0 Å². The number of hydrogen-bond acceptors (Lipinski definition) is 3. The predicted molar refractivity (Wildman–Crippen MR) is 86.4 cm³/mol. The van der Waals surface area contributed by atoms with Crippen molar-refractivity contribution in [2.24, 2.45) is 5.41 Å². The molecular formula is C18H27NO2. The van der Waals surface area contributed by atoms with Gasteiger partial charge in [-0.1, -0.05) is 31.5 Å². The number of benzene rings is 1. The fraction of sp³-hybridized carbons (Fsp3) is 0.611. The van der Waals surface area contributed by atoms with Crippen LogP contribution in [0.15, 0.2) is 24.3 Å². The molecule has 0 radical (unpaired) electrons. The number of aryl methyl sites for hydroxylation is 1. The summed E-state index contributed by atoms with van der Waals surface area (Å²) in [6, 6.07) is 8.20. The van der Waals surface area contributed by atoms with Crippen molar-refractivity contribution in [3.05, 3.63) is 29.8 Å². The van der Waals surface area contributed by atoms with Crippen LogP contribution in [-0.4, -0.2) is 18.1 Å². The fourth-order valence-electron chi connectivity index (χ4n) is 2.92. The van der Waals surface area contributed by atoms with E-state index >= 15 is 0 Å². The van der Waals surface area contributed by atoms with Gasteiger partial charge in [-0.15, -0.1) is 0 Å². The minimum absolute atomic E-state index is 0.110. The molecule has 3 heteroatoms. The van der Waals surface area contributed by atoms with E-state index in [4.69, 9.17) is 4.74 Å². The molecule has 1 aromatic rings. The molecule has 116 valence electrons. The van der Waals surface area contributed by atoms with Crippen LogP contribution in [0.5, 0.6) is 0 Å². The molecule has 1 N–H and O–H groups in total. The van der Waals surface area contributed by atoms with Gasteiger partial charge in [0, 0.05) is 5.69 Å². The summed E-state index contributed by atoms with van der Waals surface area (Å²) in [7, 11) is 0. The standard InChI is InChI=1S/C18H27NO2/c1-5-21-16(20)18(12-10-17(3,4)11-13-18)19-15-8-6-14(2)7-9-15/h6-9,19H,5,10-13H2,1-4H3. The number of esters is 1. The van der Waals surface area contributed by atoms with Crippen LogP contribution < -0.4 is 5.32 Å². The molecular weight excluding hydrogens is 262 g/mol. The molecule has 1 aromatic carbocycles. The van der Waals surface area contributed by atoms with Crippen LogP contribution in [0.2, 0.25) is 0 Å². The third-order valence-electron chi connectivity index (χ3n) is 4.56. The van der Waals surface area contributed by atoms with Gasteiger partial charge in [-0.05, 0) is 57.1 Å². The van der Waals surface area contributed by atoms with E-state index < -0.39 is 5.54 Å². The first-order valence-corrected chi connectivity index (χ1v) is 7.89. The smallest absolute Gasteiger partial charge is 0.331 e. The Morgan fingerprint density at radius 3 is 2.24 bits per heavy atom. The van der Waals surface area contributed by atoms with Crippen LogP contribution in [0, 0.1) is 12.3 Å². The third kappa shape index (κ3) is 3.78. The Hall–Kier alpha value is -1.51. The Balaban J connectivity index is 2.20. The molecule has 0 bridgehead atoms. The van der Waals surface area contributed by atoms with E-state index in [1.54, 1.807) is 0 Å². The average molecular weight is 289 g/mol. The molecule has 0 unspecified atom stereocenters. The average Bonchev–Trinajstić information content (AvgIpc) is 2.44. The van der Waals surface area contributed by atoms with Crippen molar-refractivity contribution in [1.29, 1.82) is 0 Å². The van der Waals surface area contributed by atoms with E-state index in [-0.39, 0.29) is 5.97 Å². The van der Waals surface area contributed by atoms with E-state index in [0.717, 1.165) is 31.4 Å². The van der Waals surface area contributed by atoms with E-state index in [2.05, 4.69) is 38.2 Å². The molecule has 0 aliphatic heterocycles. The lowest BCUT2D eigenvalue weighted by atomic mass is 9.69. The lowest BCUT2D eigenvalue weighted by Gasteiger charge is -2.42. The van der Waals surface area contributed by atoms with Crippen molar-refractivity contribution in [3.63, 3.8) is 0 Å². The summed E-state index contributed by atoms with van der Waals surface area (Å²) in [5, 5.41) is 3.47. The molecule has 1 aliphatic rings. The summed E-state index contributed by atoms with van der Waals surface area (Å²) in [5.41, 5.74) is 1.95. The first-order chi connectivity index (χ1) is 9.87. The second-order valence-electron chi connectivity index (χ2n) is 6.96.